The number of rotatable bonds is 6. The quantitative estimate of drug-likeness (QED) is 0.457. The van der Waals surface area contributed by atoms with Crippen LogP contribution in [0.25, 0.3) is 0 Å². The highest BCUT2D eigenvalue weighted by atomic mass is 35.5. The summed E-state index contributed by atoms with van der Waals surface area (Å²) in [5, 5.41) is 12.4. The van der Waals surface area contributed by atoms with Crippen LogP contribution in [-0.2, 0) is 6.54 Å². The van der Waals surface area contributed by atoms with Crippen LogP contribution in [0.1, 0.15) is 17.0 Å². The molecule has 0 unspecified atom stereocenters. The van der Waals surface area contributed by atoms with Gasteiger partial charge in [-0.05, 0) is 62.0 Å². The lowest BCUT2D eigenvalue weighted by Crippen LogP contribution is -2.20. The van der Waals surface area contributed by atoms with Gasteiger partial charge in [0.15, 0.2) is 16.6 Å². The fourth-order valence-corrected chi connectivity index (χ4v) is 3.59. The monoisotopic (exact) mass is 464 g/mol. The number of anilines is 2. The smallest absolute Gasteiger partial charge is 0.175 e. The van der Waals surface area contributed by atoms with E-state index < -0.39 is 0 Å². The molecule has 0 aliphatic rings. The third kappa shape index (κ3) is 4.98. The summed E-state index contributed by atoms with van der Waals surface area (Å²) >= 11 is 17.7. The molecule has 0 aliphatic carbocycles. The molecule has 9 heteroatoms. The molecule has 0 atom stereocenters. The molecule has 0 radical (unpaired) electrons. The molecule has 158 valence electrons. The number of ether oxygens (including phenoxy) is 2. The van der Waals surface area contributed by atoms with Crippen LogP contribution in [0.2, 0.25) is 10.0 Å². The summed E-state index contributed by atoms with van der Waals surface area (Å²) < 4.78 is 12.6. The largest absolute Gasteiger partial charge is 0.493 e. The highest BCUT2D eigenvalue weighted by molar-refractivity contribution is 7.80. The molecule has 0 bridgehead atoms. The molecule has 30 heavy (non-hydrogen) atoms. The first-order valence-electron chi connectivity index (χ1n) is 9.10. The van der Waals surface area contributed by atoms with Gasteiger partial charge in [0.2, 0.25) is 0 Å². The molecule has 2 N–H and O–H groups in total. The normalized spacial score (nSPS) is 10.6. The zero-order valence-electron chi connectivity index (χ0n) is 17.0. The Morgan fingerprint density at radius 2 is 1.77 bits per heavy atom. The summed E-state index contributed by atoms with van der Waals surface area (Å²) in [7, 11) is 3.23. The lowest BCUT2D eigenvalue weighted by atomic mass is 10.2. The zero-order chi connectivity index (χ0) is 21.8. The third-order valence-corrected chi connectivity index (χ3v) is 5.35. The van der Waals surface area contributed by atoms with Crippen molar-refractivity contribution >= 4 is 51.9 Å². The first kappa shape index (κ1) is 22.2. The van der Waals surface area contributed by atoms with Crippen molar-refractivity contribution in [3.63, 3.8) is 0 Å². The fraction of sp³-hybridized carbons (Fsp3) is 0.238. The SMILES string of the molecule is COc1ccc(Cn2nc(C)c(NC(=S)Nc3cc(Cl)ccc3Cl)c2C)cc1OC. The van der Waals surface area contributed by atoms with Crippen LogP contribution in [-0.4, -0.2) is 29.1 Å². The molecule has 1 heterocycles. The molecule has 0 spiro atoms. The molecule has 0 aliphatic heterocycles. The van der Waals surface area contributed by atoms with E-state index in [2.05, 4.69) is 15.7 Å². The van der Waals surface area contributed by atoms with Crippen LogP contribution in [0.15, 0.2) is 36.4 Å². The first-order chi connectivity index (χ1) is 14.3. The topological polar surface area (TPSA) is 60.3 Å². The Bertz CT molecular complexity index is 1090. The summed E-state index contributed by atoms with van der Waals surface area (Å²) in [4.78, 5) is 0. The molecule has 3 aromatic rings. The Kier molecular flexibility index (Phi) is 7.07. The molecule has 0 saturated carbocycles. The Morgan fingerprint density at radius 3 is 2.47 bits per heavy atom. The minimum atomic E-state index is 0.399. The minimum absolute atomic E-state index is 0.399. The van der Waals surface area contributed by atoms with Crippen molar-refractivity contribution in [1.82, 2.24) is 9.78 Å². The van der Waals surface area contributed by atoms with Crippen LogP contribution in [0.4, 0.5) is 11.4 Å². The molecule has 3 rings (SSSR count). The van der Waals surface area contributed by atoms with Crippen molar-refractivity contribution in [2.24, 2.45) is 0 Å². The maximum atomic E-state index is 6.20. The summed E-state index contributed by atoms with van der Waals surface area (Å²) in [6.45, 7) is 4.49. The molecule has 2 aromatic carbocycles. The van der Waals surface area contributed by atoms with Gasteiger partial charge in [0.25, 0.3) is 0 Å². The number of thiocarbonyl (C=S) groups is 1. The highest BCUT2D eigenvalue weighted by Crippen LogP contribution is 2.29. The number of nitrogens with zero attached hydrogens (tertiary/aromatic N) is 2. The van der Waals surface area contributed by atoms with Gasteiger partial charge in [-0.3, -0.25) is 4.68 Å². The van der Waals surface area contributed by atoms with Crippen LogP contribution < -0.4 is 20.1 Å². The van der Waals surface area contributed by atoms with Gasteiger partial charge in [0, 0.05) is 5.02 Å². The van der Waals surface area contributed by atoms with E-state index in [1.165, 1.54) is 0 Å². The summed E-state index contributed by atoms with van der Waals surface area (Å²) in [5.74, 6) is 1.37. The third-order valence-electron chi connectivity index (χ3n) is 4.58. The molecular weight excluding hydrogens is 443 g/mol. The summed E-state index contributed by atoms with van der Waals surface area (Å²) in [5.41, 5.74) is 4.29. The van der Waals surface area contributed by atoms with Crippen molar-refractivity contribution in [2.45, 2.75) is 20.4 Å². The number of aromatic nitrogens is 2. The van der Waals surface area contributed by atoms with E-state index in [0.717, 1.165) is 22.6 Å². The Morgan fingerprint density at radius 1 is 1.03 bits per heavy atom. The lowest BCUT2D eigenvalue weighted by molar-refractivity contribution is 0.354. The minimum Gasteiger partial charge on any atom is -0.493 e. The maximum Gasteiger partial charge on any atom is 0.175 e. The van der Waals surface area contributed by atoms with Crippen LogP contribution in [0.5, 0.6) is 11.5 Å². The van der Waals surface area contributed by atoms with E-state index >= 15 is 0 Å². The second kappa shape index (κ2) is 9.55. The molecule has 1 aromatic heterocycles. The Balaban J connectivity index is 1.77. The van der Waals surface area contributed by atoms with Crippen molar-refractivity contribution in [3.05, 3.63) is 63.4 Å². The van der Waals surface area contributed by atoms with Crippen molar-refractivity contribution in [3.8, 4) is 11.5 Å². The molecular formula is C21H22Cl2N4O2S. The van der Waals surface area contributed by atoms with Crippen molar-refractivity contribution in [1.29, 1.82) is 0 Å². The van der Waals surface area contributed by atoms with Gasteiger partial charge in [0.05, 0.1) is 48.5 Å². The van der Waals surface area contributed by atoms with Gasteiger partial charge in [-0.15, -0.1) is 0 Å². The van der Waals surface area contributed by atoms with Gasteiger partial charge < -0.3 is 20.1 Å². The second-order valence-corrected chi connectivity index (χ2v) is 7.85. The maximum absolute atomic E-state index is 6.20. The number of nitrogens with one attached hydrogen (secondary N) is 2. The van der Waals surface area contributed by atoms with E-state index in [1.54, 1.807) is 32.4 Å². The fourth-order valence-electron chi connectivity index (χ4n) is 3.04. The molecule has 0 amide bonds. The van der Waals surface area contributed by atoms with Crippen molar-refractivity contribution in [2.75, 3.05) is 24.9 Å². The molecule has 0 saturated heterocycles. The van der Waals surface area contributed by atoms with Crippen LogP contribution in [0.3, 0.4) is 0 Å². The number of hydrogen-bond donors (Lipinski definition) is 2. The van der Waals surface area contributed by atoms with E-state index in [0.29, 0.717) is 38.9 Å². The average molecular weight is 465 g/mol. The predicted octanol–water partition coefficient (Wildman–Crippen LogP) is 5.68. The Hall–Kier alpha value is -2.48. The first-order valence-corrected chi connectivity index (χ1v) is 10.3. The van der Waals surface area contributed by atoms with Crippen molar-refractivity contribution < 1.29 is 9.47 Å². The second-order valence-electron chi connectivity index (χ2n) is 6.60. The molecule has 0 fully saturated rings. The van der Waals surface area contributed by atoms with Gasteiger partial charge >= 0.3 is 0 Å². The van der Waals surface area contributed by atoms with E-state index in [4.69, 9.17) is 44.9 Å². The zero-order valence-corrected chi connectivity index (χ0v) is 19.4. The number of halogens is 2. The van der Waals surface area contributed by atoms with E-state index in [-0.39, 0.29) is 0 Å². The summed E-state index contributed by atoms with van der Waals surface area (Å²) in [6.07, 6.45) is 0. The van der Waals surface area contributed by atoms with E-state index in [9.17, 15) is 0 Å². The number of hydrogen-bond acceptors (Lipinski definition) is 4. The number of aryl methyl sites for hydroxylation is 1. The van der Waals surface area contributed by atoms with Gasteiger partial charge in [-0.1, -0.05) is 29.3 Å². The number of methoxy groups -OCH3 is 2. The Labute approximate surface area is 191 Å². The van der Waals surface area contributed by atoms with Crippen LogP contribution >= 0.6 is 35.4 Å². The predicted molar refractivity (Wildman–Crippen MR) is 127 cm³/mol. The van der Waals surface area contributed by atoms with Gasteiger partial charge in [0.1, 0.15) is 0 Å². The highest BCUT2D eigenvalue weighted by Gasteiger charge is 2.15. The lowest BCUT2D eigenvalue weighted by Gasteiger charge is -2.13. The van der Waals surface area contributed by atoms with Crippen LogP contribution in [0, 0.1) is 13.8 Å². The molecule has 6 nitrogen and oxygen atoms in total. The average Bonchev–Trinajstić information content (AvgIpc) is 2.98. The number of benzene rings is 2. The van der Waals surface area contributed by atoms with Gasteiger partial charge in [-0.2, -0.15) is 5.10 Å². The standard InChI is InChI=1S/C21H22Cl2N4O2S/c1-12-20(25-21(30)24-17-10-15(22)6-7-16(17)23)13(2)27(26-12)11-14-5-8-18(28-3)19(9-14)29-4/h5-10H,11H2,1-4H3,(H2,24,25,30). The van der Waals surface area contributed by atoms with Gasteiger partial charge in [-0.25, -0.2) is 0 Å². The van der Waals surface area contributed by atoms with E-state index in [1.807, 2.05) is 36.7 Å². The summed E-state index contributed by atoms with van der Waals surface area (Å²) in [6, 6.07) is 11.0.